The third-order valence-electron chi connectivity index (χ3n) is 2.50. The average molecular weight is 371 g/mol. The molecule has 1 fully saturated rings. The first-order valence-corrected chi connectivity index (χ1v) is 10.4. The first-order valence-electron chi connectivity index (χ1n) is 5.50. The fourth-order valence-corrected chi connectivity index (χ4v) is 3.58. The van der Waals surface area contributed by atoms with E-state index >= 15 is 0 Å². The molecule has 1 saturated heterocycles. The van der Waals surface area contributed by atoms with Crippen LogP contribution in [0.5, 0.6) is 0 Å². The number of likely N-dealkylation sites (tertiary alicyclic amines) is 1. The molecule has 1 heterocycles. The highest BCUT2D eigenvalue weighted by Gasteiger charge is 2.40. The number of amides is 1. The van der Waals surface area contributed by atoms with Gasteiger partial charge >= 0.3 is 5.97 Å². The second-order valence-electron chi connectivity index (χ2n) is 5.12. The highest BCUT2D eigenvalue weighted by Crippen LogP contribution is 2.24. The number of halogens is 1. The Bertz CT molecular complexity index is 318. The molecule has 7 heteroatoms. The van der Waals surface area contributed by atoms with Crippen molar-refractivity contribution < 1.29 is 19.1 Å². The SMILES string of the molecule is C[Si](C)(C)OC1CC(C(=O)O)N(C(=O)CI)C1. The molecular formula is C10H18INO4Si. The van der Waals surface area contributed by atoms with Gasteiger partial charge in [0.2, 0.25) is 5.91 Å². The van der Waals surface area contributed by atoms with E-state index in [-0.39, 0.29) is 12.0 Å². The van der Waals surface area contributed by atoms with Crippen molar-refractivity contribution in [2.45, 2.75) is 38.2 Å². The van der Waals surface area contributed by atoms with Crippen molar-refractivity contribution in [2.75, 3.05) is 11.0 Å². The van der Waals surface area contributed by atoms with Crippen LogP contribution in [0.15, 0.2) is 0 Å². The number of carboxylic acids is 1. The summed E-state index contributed by atoms with van der Waals surface area (Å²) in [6.07, 6.45) is 0.275. The maximum Gasteiger partial charge on any atom is 0.326 e. The molecule has 0 aromatic carbocycles. The zero-order chi connectivity index (χ0) is 13.2. The number of rotatable bonds is 4. The van der Waals surface area contributed by atoms with E-state index in [4.69, 9.17) is 9.53 Å². The molecule has 1 aliphatic heterocycles. The van der Waals surface area contributed by atoms with Gasteiger partial charge in [-0.1, -0.05) is 22.6 Å². The molecule has 17 heavy (non-hydrogen) atoms. The van der Waals surface area contributed by atoms with Gasteiger partial charge in [0.25, 0.3) is 0 Å². The normalized spacial score (nSPS) is 25.1. The first-order chi connectivity index (χ1) is 7.74. The van der Waals surface area contributed by atoms with E-state index < -0.39 is 20.3 Å². The molecule has 1 aliphatic rings. The summed E-state index contributed by atoms with van der Waals surface area (Å²) in [5.41, 5.74) is 0. The Morgan fingerprint density at radius 3 is 2.47 bits per heavy atom. The fourth-order valence-electron chi connectivity index (χ4n) is 1.97. The molecule has 98 valence electrons. The number of carbonyl (C=O) groups is 2. The lowest BCUT2D eigenvalue weighted by atomic mass is 10.2. The molecule has 0 bridgehead atoms. The number of aliphatic carboxylic acids is 1. The summed E-state index contributed by atoms with van der Waals surface area (Å²) in [6, 6.07) is -0.724. The van der Waals surface area contributed by atoms with E-state index in [0.717, 1.165) is 0 Å². The summed E-state index contributed by atoms with van der Waals surface area (Å²) < 4.78 is 6.19. The van der Waals surface area contributed by atoms with Crippen molar-refractivity contribution in [2.24, 2.45) is 0 Å². The number of nitrogens with zero attached hydrogens (tertiary/aromatic N) is 1. The minimum Gasteiger partial charge on any atom is -0.480 e. The Labute approximate surface area is 116 Å². The van der Waals surface area contributed by atoms with Crippen molar-refractivity contribution >= 4 is 42.8 Å². The molecule has 1 rings (SSSR count). The Morgan fingerprint density at radius 1 is 1.47 bits per heavy atom. The number of carboxylic acid groups (broad SMARTS) is 1. The second-order valence-corrected chi connectivity index (χ2v) is 10.3. The van der Waals surface area contributed by atoms with E-state index in [0.29, 0.717) is 17.4 Å². The molecule has 1 N–H and O–H groups in total. The Kier molecular flexibility index (Phi) is 4.96. The smallest absolute Gasteiger partial charge is 0.326 e. The summed E-state index contributed by atoms with van der Waals surface area (Å²) in [5.74, 6) is -1.07. The van der Waals surface area contributed by atoms with Gasteiger partial charge in [-0.3, -0.25) is 4.79 Å². The number of hydrogen-bond acceptors (Lipinski definition) is 3. The van der Waals surface area contributed by atoms with Crippen LogP contribution < -0.4 is 0 Å². The monoisotopic (exact) mass is 371 g/mol. The molecule has 0 aromatic heterocycles. The van der Waals surface area contributed by atoms with Gasteiger partial charge in [-0.15, -0.1) is 0 Å². The Balaban J connectivity index is 2.72. The van der Waals surface area contributed by atoms with Crippen LogP contribution in [0.1, 0.15) is 6.42 Å². The van der Waals surface area contributed by atoms with Gasteiger partial charge in [-0.2, -0.15) is 0 Å². The summed E-state index contributed by atoms with van der Waals surface area (Å²) in [4.78, 5) is 24.2. The largest absolute Gasteiger partial charge is 0.480 e. The molecule has 0 spiro atoms. The van der Waals surface area contributed by atoms with Crippen molar-refractivity contribution in [1.29, 1.82) is 0 Å². The maximum absolute atomic E-state index is 11.7. The molecular weight excluding hydrogens is 353 g/mol. The predicted molar refractivity (Wildman–Crippen MR) is 74.9 cm³/mol. The van der Waals surface area contributed by atoms with Crippen LogP contribution in [0.2, 0.25) is 19.6 Å². The minimum atomic E-state index is -1.69. The first kappa shape index (κ1) is 14.9. The molecule has 2 unspecified atom stereocenters. The van der Waals surface area contributed by atoms with Crippen LogP contribution >= 0.6 is 22.6 Å². The van der Waals surface area contributed by atoms with Crippen LogP contribution in [0.25, 0.3) is 0 Å². The maximum atomic E-state index is 11.7. The quantitative estimate of drug-likeness (QED) is 0.460. The van der Waals surface area contributed by atoms with Crippen molar-refractivity contribution in [1.82, 2.24) is 4.90 Å². The molecule has 5 nitrogen and oxygen atoms in total. The molecule has 0 saturated carbocycles. The van der Waals surface area contributed by atoms with Crippen molar-refractivity contribution in [3.8, 4) is 0 Å². The predicted octanol–water partition coefficient (Wildman–Crippen LogP) is 1.33. The highest BCUT2D eigenvalue weighted by molar-refractivity contribution is 14.1. The molecule has 0 radical (unpaired) electrons. The number of hydrogen-bond donors (Lipinski definition) is 1. The fraction of sp³-hybridized carbons (Fsp3) is 0.800. The summed E-state index contributed by atoms with van der Waals surface area (Å²) in [6.45, 7) is 6.59. The van der Waals surface area contributed by atoms with Gasteiger partial charge in [0.1, 0.15) is 6.04 Å². The number of carbonyl (C=O) groups excluding carboxylic acids is 1. The number of alkyl halides is 1. The van der Waals surface area contributed by atoms with Gasteiger partial charge in [-0.05, 0) is 19.6 Å². The minimum absolute atomic E-state index is 0.125. The van der Waals surface area contributed by atoms with Gasteiger partial charge in [-0.25, -0.2) is 4.79 Å². The molecule has 1 amide bonds. The average Bonchev–Trinajstić information content (AvgIpc) is 2.57. The van der Waals surface area contributed by atoms with E-state index in [1.807, 2.05) is 22.6 Å². The second kappa shape index (κ2) is 5.66. The summed E-state index contributed by atoms with van der Waals surface area (Å²) >= 11 is 1.96. The third kappa shape index (κ3) is 4.22. The molecule has 0 aromatic rings. The van der Waals surface area contributed by atoms with Crippen LogP contribution in [-0.2, 0) is 14.0 Å². The lowest BCUT2D eigenvalue weighted by molar-refractivity contribution is -0.147. The van der Waals surface area contributed by atoms with Crippen LogP contribution in [0.4, 0.5) is 0 Å². The summed E-state index contributed by atoms with van der Waals surface area (Å²) in [7, 11) is -1.69. The van der Waals surface area contributed by atoms with Gasteiger partial charge in [0, 0.05) is 13.0 Å². The summed E-state index contributed by atoms with van der Waals surface area (Å²) in [5, 5.41) is 9.10. The Hall–Kier alpha value is -0.153. The van der Waals surface area contributed by atoms with Crippen LogP contribution in [-0.4, -0.2) is 53.3 Å². The standard InChI is InChI=1S/C10H18INO4Si/c1-17(2,3)16-7-4-8(10(14)15)12(6-7)9(13)5-11/h7-8H,4-6H2,1-3H3,(H,14,15). The Morgan fingerprint density at radius 2 is 2.06 bits per heavy atom. The zero-order valence-electron chi connectivity index (χ0n) is 10.3. The molecule has 2 atom stereocenters. The van der Waals surface area contributed by atoms with E-state index in [1.54, 1.807) is 0 Å². The van der Waals surface area contributed by atoms with Crippen LogP contribution in [0, 0.1) is 0 Å². The van der Waals surface area contributed by atoms with Gasteiger partial charge in [0.15, 0.2) is 8.32 Å². The molecule has 0 aliphatic carbocycles. The lowest BCUT2D eigenvalue weighted by Gasteiger charge is -2.23. The highest BCUT2D eigenvalue weighted by atomic mass is 127. The van der Waals surface area contributed by atoms with E-state index in [9.17, 15) is 9.59 Å². The van der Waals surface area contributed by atoms with Gasteiger partial charge < -0.3 is 14.4 Å². The van der Waals surface area contributed by atoms with E-state index in [1.165, 1.54) is 4.90 Å². The van der Waals surface area contributed by atoms with Crippen molar-refractivity contribution in [3.63, 3.8) is 0 Å². The topological polar surface area (TPSA) is 66.8 Å². The lowest BCUT2D eigenvalue weighted by Crippen LogP contribution is -2.41. The van der Waals surface area contributed by atoms with E-state index in [2.05, 4.69) is 19.6 Å². The third-order valence-corrected chi connectivity index (χ3v) is 4.20. The van der Waals surface area contributed by atoms with Crippen LogP contribution in [0.3, 0.4) is 0 Å². The zero-order valence-corrected chi connectivity index (χ0v) is 13.4. The van der Waals surface area contributed by atoms with Gasteiger partial charge in [0.05, 0.1) is 10.5 Å². The van der Waals surface area contributed by atoms with Crippen molar-refractivity contribution in [3.05, 3.63) is 0 Å².